The third-order valence-corrected chi connectivity index (χ3v) is 5.57. The summed E-state index contributed by atoms with van der Waals surface area (Å²) in [6, 6.07) is 14.6. The van der Waals surface area contributed by atoms with Crippen LogP contribution in [0.15, 0.2) is 60.9 Å². The minimum atomic E-state index is -0.429. The quantitative estimate of drug-likeness (QED) is 0.592. The first-order valence-electron chi connectivity index (χ1n) is 9.21. The number of hydrogen-bond acceptors (Lipinski definition) is 2. The summed E-state index contributed by atoms with van der Waals surface area (Å²) < 4.78 is 15.7. The van der Waals surface area contributed by atoms with Crippen molar-refractivity contribution in [3.63, 3.8) is 0 Å². The molecule has 1 aliphatic rings. The van der Waals surface area contributed by atoms with E-state index < -0.39 is 5.82 Å². The van der Waals surface area contributed by atoms with E-state index in [4.69, 9.17) is 23.8 Å². The van der Waals surface area contributed by atoms with Crippen LogP contribution in [0.2, 0.25) is 5.02 Å². The zero-order chi connectivity index (χ0) is 19.7. The SMILES string of the molecule is CCCN1C(=S)N[C@@H](c2ccccn2)[C@H]1c1cccn1-c1ccc(F)c(Cl)c1. The summed E-state index contributed by atoms with van der Waals surface area (Å²) in [5, 5.41) is 4.25. The van der Waals surface area contributed by atoms with Gasteiger partial charge in [0.15, 0.2) is 5.11 Å². The molecule has 4 nitrogen and oxygen atoms in total. The second kappa shape index (κ2) is 7.89. The van der Waals surface area contributed by atoms with Crippen LogP contribution < -0.4 is 5.32 Å². The van der Waals surface area contributed by atoms with E-state index in [1.54, 1.807) is 18.3 Å². The predicted octanol–water partition coefficient (Wildman–Crippen LogP) is 5.05. The Morgan fingerprint density at radius 2 is 2.07 bits per heavy atom. The lowest BCUT2D eigenvalue weighted by molar-refractivity contribution is 0.309. The molecule has 1 fully saturated rings. The van der Waals surface area contributed by atoms with Gasteiger partial charge in [0.25, 0.3) is 0 Å². The molecule has 3 heterocycles. The molecule has 1 aliphatic heterocycles. The van der Waals surface area contributed by atoms with Crippen molar-refractivity contribution >= 4 is 28.9 Å². The van der Waals surface area contributed by atoms with Gasteiger partial charge in [0.1, 0.15) is 5.82 Å². The first-order valence-corrected chi connectivity index (χ1v) is 9.99. The van der Waals surface area contributed by atoms with Gasteiger partial charge in [-0.3, -0.25) is 4.98 Å². The van der Waals surface area contributed by atoms with Crippen LogP contribution in [-0.4, -0.2) is 26.1 Å². The maximum Gasteiger partial charge on any atom is 0.170 e. The lowest BCUT2D eigenvalue weighted by atomic mass is 10.0. The van der Waals surface area contributed by atoms with E-state index in [0.29, 0.717) is 5.11 Å². The summed E-state index contributed by atoms with van der Waals surface area (Å²) >= 11 is 11.7. The average molecular weight is 415 g/mol. The Balaban J connectivity index is 1.81. The molecule has 0 amide bonds. The molecule has 2 aromatic heterocycles. The van der Waals surface area contributed by atoms with Gasteiger partial charge >= 0.3 is 0 Å². The van der Waals surface area contributed by atoms with Crippen LogP contribution in [0.4, 0.5) is 4.39 Å². The summed E-state index contributed by atoms with van der Waals surface area (Å²) in [4.78, 5) is 6.75. The van der Waals surface area contributed by atoms with Crippen LogP contribution in [-0.2, 0) is 0 Å². The third kappa shape index (κ3) is 3.38. The van der Waals surface area contributed by atoms with Crippen LogP contribution in [0.1, 0.15) is 36.8 Å². The first-order chi connectivity index (χ1) is 13.6. The highest BCUT2D eigenvalue weighted by atomic mass is 35.5. The lowest BCUT2D eigenvalue weighted by Gasteiger charge is -2.28. The monoisotopic (exact) mass is 414 g/mol. The molecule has 1 aromatic carbocycles. The van der Waals surface area contributed by atoms with Crippen molar-refractivity contribution in [1.82, 2.24) is 19.8 Å². The van der Waals surface area contributed by atoms with Gasteiger partial charge < -0.3 is 14.8 Å². The molecule has 0 aliphatic carbocycles. The lowest BCUT2D eigenvalue weighted by Crippen LogP contribution is -2.31. The normalized spacial score (nSPS) is 19.1. The molecule has 0 saturated carbocycles. The number of aromatic nitrogens is 2. The van der Waals surface area contributed by atoms with Gasteiger partial charge in [-0.15, -0.1) is 0 Å². The molecule has 1 saturated heterocycles. The molecule has 0 unspecified atom stereocenters. The van der Waals surface area contributed by atoms with Crippen LogP contribution in [0.5, 0.6) is 0 Å². The summed E-state index contributed by atoms with van der Waals surface area (Å²) in [5.41, 5.74) is 2.78. The van der Waals surface area contributed by atoms with Gasteiger partial charge in [-0.25, -0.2) is 4.39 Å². The zero-order valence-electron chi connectivity index (χ0n) is 15.3. The smallest absolute Gasteiger partial charge is 0.170 e. The van der Waals surface area contributed by atoms with Crippen LogP contribution >= 0.6 is 23.8 Å². The number of halogens is 2. The molecule has 0 radical (unpaired) electrons. The van der Waals surface area contributed by atoms with Crippen molar-refractivity contribution in [1.29, 1.82) is 0 Å². The number of rotatable bonds is 5. The van der Waals surface area contributed by atoms with Crippen LogP contribution in [0.3, 0.4) is 0 Å². The van der Waals surface area contributed by atoms with Gasteiger partial charge in [0.2, 0.25) is 0 Å². The van der Waals surface area contributed by atoms with E-state index >= 15 is 0 Å². The molecular weight excluding hydrogens is 395 g/mol. The maximum absolute atomic E-state index is 13.7. The van der Waals surface area contributed by atoms with E-state index in [0.717, 1.165) is 30.0 Å². The topological polar surface area (TPSA) is 33.1 Å². The van der Waals surface area contributed by atoms with E-state index in [9.17, 15) is 4.39 Å². The Hall–Kier alpha value is -2.44. The number of nitrogens with one attached hydrogen (secondary N) is 1. The molecule has 4 rings (SSSR count). The second-order valence-corrected chi connectivity index (χ2v) is 7.52. The summed E-state index contributed by atoms with van der Waals surface area (Å²) in [6.45, 7) is 2.96. The summed E-state index contributed by atoms with van der Waals surface area (Å²) in [6.07, 6.45) is 4.72. The molecule has 0 bridgehead atoms. The minimum absolute atomic E-state index is 0.0406. The van der Waals surface area contributed by atoms with Gasteiger partial charge in [0, 0.05) is 30.3 Å². The average Bonchev–Trinajstić information content (AvgIpc) is 3.30. The fraction of sp³-hybridized carbons (Fsp3) is 0.238. The Kier molecular flexibility index (Phi) is 5.33. The number of hydrogen-bond donors (Lipinski definition) is 1. The standard InChI is InChI=1S/C21H20ClFN4S/c1-2-11-27-20(19(25-21(27)28)17-6-3-4-10-24-17)18-7-5-12-26(18)14-8-9-16(23)15(22)13-14/h3-10,12-13,19-20H,2,11H2,1H3,(H,25,28)/t19-,20+/m0/s1. The zero-order valence-corrected chi connectivity index (χ0v) is 16.9. The highest BCUT2D eigenvalue weighted by Crippen LogP contribution is 2.39. The number of nitrogens with zero attached hydrogens (tertiary/aromatic N) is 3. The predicted molar refractivity (Wildman–Crippen MR) is 113 cm³/mol. The van der Waals surface area contributed by atoms with Crippen molar-refractivity contribution in [3.05, 3.63) is 83.2 Å². The van der Waals surface area contributed by atoms with Gasteiger partial charge in [-0.2, -0.15) is 0 Å². The first kappa shape index (κ1) is 18.9. The Morgan fingerprint density at radius 1 is 1.21 bits per heavy atom. The molecule has 28 heavy (non-hydrogen) atoms. The Morgan fingerprint density at radius 3 is 2.79 bits per heavy atom. The van der Waals surface area contributed by atoms with E-state index in [1.807, 2.05) is 35.0 Å². The van der Waals surface area contributed by atoms with E-state index in [2.05, 4.69) is 28.2 Å². The van der Waals surface area contributed by atoms with Gasteiger partial charge in [-0.1, -0.05) is 24.6 Å². The van der Waals surface area contributed by atoms with Gasteiger partial charge in [0.05, 0.1) is 22.8 Å². The molecule has 0 spiro atoms. The van der Waals surface area contributed by atoms with Gasteiger partial charge in [-0.05, 0) is 61.1 Å². The molecule has 2 atom stereocenters. The molecule has 7 heteroatoms. The number of thiocarbonyl (C=S) groups is 1. The van der Waals surface area contributed by atoms with Crippen molar-refractivity contribution in [3.8, 4) is 5.69 Å². The minimum Gasteiger partial charge on any atom is -0.352 e. The Labute approximate surface area is 174 Å². The van der Waals surface area contributed by atoms with Crippen molar-refractivity contribution < 1.29 is 4.39 Å². The largest absolute Gasteiger partial charge is 0.352 e. The molecular formula is C21H20ClFN4S. The fourth-order valence-electron chi connectivity index (χ4n) is 3.71. The van der Waals surface area contributed by atoms with E-state index in [1.165, 1.54) is 6.07 Å². The van der Waals surface area contributed by atoms with Crippen LogP contribution in [0, 0.1) is 5.82 Å². The maximum atomic E-state index is 13.7. The van der Waals surface area contributed by atoms with Crippen molar-refractivity contribution in [2.75, 3.05) is 6.54 Å². The number of benzene rings is 1. The van der Waals surface area contributed by atoms with E-state index in [-0.39, 0.29) is 17.1 Å². The highest BCUT2D eigenvalue weighted by molar-refractivity contribution is 7.80. The fourth-order valence-corrected chi connectivity index (χ4v) is 4.22. The third-order valence-electron chi connectivity index (χ3n) is 4.93. The highest BCUT2D eigenvalue weighted by Gasteiger charge is 2.40. The summed E-state index contributed by atoms with van der Waals surface area (Å²) in [7, 11) is 0. The van der Waals surface area contributed by atoms with Crippen molar-refractivity contribution in [2.45, 2.75) is 25.4 Å². The molecule has 3 aromatic rings. The second-order valence-electron chi connectivity index (χ2n) is 6.72. The summed E-state index contributed by atoms with van der Waals surface area (Å²) in [5.74, 6) is -0.429. The van der Waals surface area contributed by atoms with Crippen LogP contribution in [0.25, 0.3) is 5.69 Å². The number of pyridine rings is 1. The molecule has 1 N–H and O–H groups in total. The molecule has 144 valence electrons. The Bertz CT molecular complexity index is 991. The van der Waals surface area contributed by atoms with Crippen molar-refractivity contribution in [2.24, 2.45) is 0 Å².